The lowest BCUT2D eigenvalue weighted by Gasteiger charge is -2.33. The van der Waals surface area contributed by atoms with Crippen molar-refractivity contribution in [1.82, 2.24) is 10.5 Å². The minimum absolute atomic E-state index is 0.228. The molecule has 1 atom stereocenters. The molecule has 4 rings (SSSR count). The van der Waals surface area contributed by atoms with Crippen LogP contribution in [-0.2, 0) is 12.8 Å². The average Bonchev–Trinajstić information content (AvgIpc) is 3.30. The number of rotatable bonds is 4. The van der Waals surface area contributed by atoms with Crippen LogP contribution in [0, 0.1) is 0 Å². The third kappa shape index (κ3) is 3.01. The lowest BCUT2D eigenvalue weighted by atomic mass is 9.80. The predicted octanol–water partition coefficient (Wildman–Crippen LogP) is 2.20. The summed E-state index contributed by atoms with van der Waals surface area (Å²) in [6.45, 7) is 0.228. The summed E-state index contributed by atoms with van der Waals surface area (Å²) in [6.07, 6.45) is 4.26. The Labute approximate surface area is 134 Å². The van der Waals surface area contributed by atoms with Crippen LogP contribution < -0.4 is 5.32 Å². The highest BCUT2D eigenvalue weighted by atomic mass is 16.5. The van der Waals surface area contributed by atoms with E-state index in [-0.39, 0.29) is 12.5 Å². The molecule has 5 nitrogen and oxygen atoms in total. The number of benzene rings is 1. The van der Waals surface area contributed by atoms with Crippen LogP contribution in [-0.4, -0.2) is 28.3 Å². The number of carbonyl (C=O) groups is 1. The Kier molecular flexibility index (Phi) is 3.45. The quantitative estimate of drug-likeness (QED) is 0.907. The van der Waals surface area contributed by atoms with Crippen LogP contribution in [0.15, 0.2) is 34.9 Å². The Morgan fingerprint density at radius 1 is 1.35 bits per heavy atom. The van der Waals surface area contributed by atoms with E-state index in [0.717, 1.165) is 30.6 Å². The molecule has 1 aromatic heterocycles. The number of amides is 1. The molecule has 0 unspecified atom stereocenters. The second-order valence-electron chi connectivity index (χ2n) is 6.74. The standard InChI is InChI=1S/C18H20N2O3/c21-17(15-9-16(23-20-15)13-5-6-13)19-11-18(22)8-7-12-3-1-2-4-14(12)10-18/h1-4,9,13,22H,5-8,10-11H2,(H,19,21)/t18-/m0/s1. The fourth-order valence-electron chi connectivity index (χ4n) is 3.23. The normalized spacial score (nSPS) is 23.3. The van der Waals surface area contributed by atoms with Crippen LogP contribution in [0.3, 0.4) is 0 Å². The van der Waals surface area contributed by atoms with Crippen molar-refractivity contribution in [1.29, 1.82) is 0 Å². The van der Waals surface area contributed by atoms with E-state index in [1.807, 2.05) is 18.2 Å². The summed E-state index contributed by atoms with van der Waals surface area (Å²) < 4.78 is 5.20. The van der Waals surface area contributed by atoms with Gasteiger partial charge in [0.1, 0.15) is 5.76 Å². The van der Waals surface area contributed by atoms with Gasteiger partial charge in [-0.2, -0.15) is 0 Å². The number of hydrogen-bond acceptors (Lipinski definition) is 4. The van der Waals surface area contributed by atoms with Crippen LogP contribution in [0.5, 0.6) is 0 Å². The summed E-state index contributed by atoms with van der Waals surface area (Å²) in [4.78, 5) is 12.2. The first-order chi connectivity index (χ1) is 11.1. The Morgan fingerprint density at radius 3 is 2.91 bits per heavy atom. The van der Waals surface area contributed by atoms with Gasteiger partial charge in [0.05, 0.1) is 5.60 Å². The molecule has 2 N–H and O–H groups in total. The Balaban J connectivity index is 1.39. The SMILES string of the molecule is O=C(NC[C@]1(O)CCc2ccccc2C1)c1cc(C2CC2)on1. The molecule has 1 amide bonds. The van der Waals surface area contributed by atoms with Gasteiger partial charge in [0.15, 0.2) is 5.69 Å². The Hall–Kier alpha value is -2.14. The molecule has 0 saturated heterocycles. The maximum Gasteiger partial charge on any atom is 0.273 e. The van der Waals surface area contributed by atoms with E-state index in [2.05, 4.69) is 16.5 Å². The van der Waals surface area contributed by atoms with Gasteiger partial charge in [0, 0.05) is 24.9 Å². The number of fused-ring (bicyclic) bond motifs is 1. The van der Waals surface area contributed by atoms with Crippen LogP contribution in [0.2, 0.25) is 0 Å². The zero-order chi connectivity index (χ0) is 15.9. The molecule has 2 aliphatic carbocycles. The van der Waals surface area contributed by atoms with Crippen molar-refractivity contribution in [2.24, 2.45) is 0 Å². The maximum atomic E-state index is 12.2. The van der Waals surface area contributed by atoms with E-state index in [4.69, 9.17) is 4.52 Å². The zero-order valence-electron chi connectivity index (χ0n) is 12.9. The van der Waals surface area contributed by atoms with Crippen molar-refractivity contribution < 1.29 is 14.4 Å². The van der Waals surface area contributed by atoms with Crippen LogP contribution in [0.1, 0.15) is 52.6 Å². The number of aliphatic hydroxyl groups is 1. The first kappa shape index (κ1) is 14.5. The summed E-state index contributed by atoms with van der Waals surface area (Å²) in [5.41, 5.74) is 1.85. The Bertz CT molecular complexity index is 735. The molecular formula is C18H20N2O3. The van der Waals surface area contributed by atoms with Gasteiger partial charge in [-0.15, -0.1) is 0 Å². The average molecular weight is 312 g/mol. The molecule has 0 aliphatic heterocycles. The predicted molar refractivity (Wildman–Crippen MR) is 84.2 cm³/mol. The highest BCUT2D eigenvalue weighted by molar-refractivity contribution is 5.92. The van der Waals surface area contributed by atoms with Gasteiger partial charge in [-0.1, -0.05) is 29.4 Å². The molecule has 1 aromatic carbocycles. The van der Waals surface area contributed by atoms with Crippen molar-refractivity contribution >= 4 is 5.91 Å². The minimum atomic E-state index is -0.896. The van der Waals surface area contributed by atoms with Crippen LogP contribution in [0.4, 0.5) is 0 Å². The summed E-state index contributed by atoms with van der Waals surface area (Å²) in [7, 11) is 0. The molecule has 5 heteroatoms. The number of carbonyl (C=O) groups excluding carboxylic acids is 1. The highest BCUT2D eigenvalue weighted by Crippen LogP contribution is 2.40. The third-order valence-corrected chi connectivity index (χ3v) is 4.82. The van der Waals surface area contributed by atoms with Crippen LogP contribution in [0.25, 0.3) is 0 Å². The fourth-order valence-corrected chi connectivity index (χ4v) is 3.23. The molecule has 120 valence electrons. The fraction of sp³-hybridized carbons (Fsp3) is 0.444. The van der Waals surface area contributed by atoms with Gasteiger partial charge in [0.2, 0.25) is 0 Å². The van der Waals surface area contributed by atoms with Gasteiger partial charge in [-0.25, -0.2) is 0 Å². The molecule has 0 spiro atoms. The number of nitrogens with one attached hydrogen (secondary N) is 1. The summed E-state index contributed by atoms with van der Waals surface area (Å²) >= 11 is 0. The number of nitrogens with zero attached hydrogens (tertiary/aromatic N) is 1. The molecule has 23 heavy (non-hydrogen) atoms. The number of aryl methyl sites for hydroxylation is 1. The lowest BCUT2D eigenvalue weighted by molar-refractivity contribution is 0.0259. The van der Waals surface area contributed by atoms with E-state index in [1.54, 1.807) is 6.07 Å². The molecular weight excluding hydrogens is 292 g/mol. The topological polar surface area (TPSA) is 75.4 Å². The van der Waals surface area contributed by atoms with Crippen molar-refractivity contribution in [3.8, 4) is 0 Å². The van der Waals surface area contributed by atoms with E-state index >= 15 is 0 Å². The molecule has 2 aromatic rings. The highest BCUT2D eigenvalue weighted by Gasteiger charge is 2.33. The molecule has 1 heterocycles. The van der Waals surface area contributed by atoms with Crippen LogP contribution >= 0.6 is 0 Å². The Morgan fingerprint density at radius 2 is 2.13 bits per heavy atom. The summed E-state index contributed by atoms with van der Waals surface area (Å²) in [5, 5.41) is 17.4. The molecule has 1 fully saturated rings. The lowest BCUT2D eigenvalue weighted by Crippen LogP contribution is -2.46. The van der Waals surface area contributed by atoms with E-state index in [1.165, 1.54) is 5.56 Å². The molecule has 0 bridgehead atoms. The number of aromatic nitrogens is 1. The summed E-state index contributed by atoms with van der Waals surface area (Å²) in [5.74, 6) is 0.941. The first-order valence-corrected chi connectivity index (χ1v) is 8.17. The maximum absolute atomic E-state index is 12.2. The number of hydrogen-bond donors (Lipinski definition) is 2. The van der Waals surface area contributed by atoms with E-state index < -0.39 is 5.60 Å². The van der Waals surface area contributed by atoms with Crippen molar-refractivity contribution in [2.45, 2.75) is 43.6 Å². The third-order valence-electron chi connectivity index (χ3n) is 4.82. The summed E-state index contributed by atoms with van der Waals surface area (Å²) in [6, 6.07) is 9.86. The van der Waals surface area contributed by atoms with Crippen molar-refractivity contribution in [3.05, 3.63) is 52.9 Å². The van der Waals surface area contributed by atoms with E-state index in [0.29, 0.717) is 24.5 Å². The zero-order valence-corrected chi connectivity index (χ0v) is 12.9. The second kappa shape index (κ2) is 5.49. The first-order valence-electron chi connectivity index (χ1n) is 8.17. The van der Waals surface area contributed by atoms with Gasteiger partial charge < -0.3 is 14.9 Å². The monoisotopic (exact) mass is 312 g/mol. The van der Waals surface area contributed by atoms with Crippen molar-refractivity contribution in [3.63, 3.8) is 0 Å². The largest absolute Gasteiger partial charge is 0.388 e. The van der Waals surface area contributed by atoms with Gasteiger partial charge >= 0.3 is 0 Å². The smallest absolute Gasteiger partial charge is 0.273 e. The molecule has 0 radical (unpaired) electrons. The molecule has 1 saturated carbocycles. The van der Waals surface area contributed by atoms with E-state index in [9.17, 15) is 9.90 Å². The van der Waals surface area contributed by atoms with Gasteiger partial charge in [-0.05, 0) is 36.8 Å². The second-order valence-corrected chi connectivity index (χ2v) is 6.74. The van der Waals surface area contributed by atoms with Gasteiger partial charge in [-0.3, -0.25) is 4.79 Å². The minimum Gasteiger partial charge on any atom is -0.388 e. The molecule has 2 aliphatic rings. The van der Waals surface area contributed by atoms with Crippen molar-refractivity contribution in [2.75, 3.05) is 6.54 Å². The van der Waals surface area contributed by atoms with Gasteiger partial charge in [0.25, 0.3) is 5.91 Å².